The summed E-state index contributed by atoms with van der Waals surface area (Å²) in [5.41, 5.74) is 0. The highest BCUT2D eigenvalue weighted by Crippen LogP contribution is 2.25. The van der Waals surface area contributed by atoms with Crippen molar-refractivity contribution < 1.29 is 4.74 Å². The normalized spacial score (nSPS) is 31.5. The minimum atomic E-state index is 0.168. The van der Waals surface area contributed by atoms with Crippen molar-refractivity contribution in [3.63, 3.8) is 0 Å². The van der Waals surface area contributed by atoms with Crippen LogP contribution >= 0.6 is 23.8 Å². The lowest BCUT2D eigenvalue weighted by Crippen LogP contribution is -2.29. The van der Waals surface area contributed by atoms with Gasteiger partial charge in [-0.1, -0.05) is 6.42 Å². The summed E-state index contributed by atoms with van der Waals surface area (Å²) in [5, 5.41) is 0.782. The first-order chi connectivity index (χ1) is 5.20. The molecule has 1 rings (SSSR count). The molecule has 0 aromatic heterocycles. The summed E-state index contributed by atoms with van der Waals surface area (Å²) in [5.74, 6) is 0. The molecule has 0 saturated heterocycles. The van der Waals surface area contributed by atoms with Crippen LogP contribution in [0.2, 0.25) is 0 Å². The minimum absolute atomic E-state index is 0.168. The van der Waals surface area contributed by atoms with Gasteiger partial charge >= 0.3 is 0 Å². The van der Waals surface area contributed by atoms with Crippen LogP contribution in [0.4, 0.5) is 0 Å². The highest BCUT2D eigenvalue weighted by atomic mass is 35.5. The molecule has 0 heterocycles. The molecule has 3 heteroatoms. The molecule has 2 atom stereocenters. The third kappa shape index (κ3) is 2.96. The van der Waals surface area contributed by atoms with Crippen LogP contribution in [0, 0.1) is 0 Å². The maximum absolute atomic E-state index is 6.04. The summed E-state index contributed by atoms with van der Waals surface area (Å²) >= 11 is 10.9. The zero-order valence-corrected chi connectivity index (χ0v) is 8.25. The molecule has 1 aliphatic rings. The van der Waals surface area contributed by atoms with Crippen LogP contribution in [0.25, 0.3) is 0 Å². The lowest BCUT2D eigenvalue weighted by Gasteiger charge is -2.27. The van der Waals surface area contributed by atoms with E-state index in [2.05, 4.69) is 0 Å². The first-order valence-corrected chi connectivity index (χ1v) is 4.86. The van der Waals surface area contributed by atoms with E-state index in [1.54, 1.807) is 6.92 Å². The van der Waals surface area contributed by atoms with Gasteiger partial charge in [-0.25, -0.2) is 0 Å². The van der Waals surface area contributed by atoms with Crippen molar-refractivity contribution in [1.82, 2.24) is 0 Å². The van der Waals surface area contributed by atoms with Gasteiger partial charge < -0.3 is 4.74 Å². The maximum Gasteiger partial charge on any atom is 0.157 e. The highest BCUT2D eigenvalue weighted by molar-refractivity contribution is 7.80. The average Bonchev–Trinajstić information content (AvgIpc) is 1.93. The Balaban J connectivity index is 2.35. The Morgan fingerprint density at radius 1 is 1.45 bits per heavy atom. The third-order valence-corrected chi connectivity index (χ3v) is 2.53. The molecular weight excluding hydrogens is 180 g/mol. The van der Waals surface area contributed by atoms with E-state index in [4.69, 9.17) is 28.6 Å². The van der Waals surface area contributed by atoms with Crippen molar-refractivity contribution in [2.45, 2.75) is 44.1 Å². The van der Waals surface area contributed by atoms with Gasteiger partial charge in [-0.05, 0) is 31.5 Å². The molecule has 0 N–H and O–H groups in total. The molecule has 1 fully saturated rings. The SMILES string of the molecule is CC(=S)O[C@@H]1CCCC[C@@H]1Cl. The van der Waals surface area contributed by atoms with Gasteiger partial charge in [-0.2, -0.15) is 0 Å². The van der Waals surface area contributed by atoms with E-state index in [0.29, 0.717) is 5.05 Å². The summed E-state index contributed by atoms with van der Waals surface area (Å²) in [6.07, 6.45) is 4.74. The fraction of sp³-hybridized carbons (Fsp3) is 0.875. The molecule has 1 saturated carbocycles. The number of rotatable bonds is 1. The molecule has 1 nitrogen and oxygen atoms in total. The third-order valence-electron chi connectivity index (χ3n) is 1.94. The standard InChI is InChI=1S/C8H13ClOS/c1-6(11)10-8-5-3-2-4-7(8)9/h7-8H,2-5H2,1H3/t7-,8+/m0/s1. The van der Waals surface area contributed by atoms with Gasteiger partial charge in [-0.3, -0.25) is 0 Å². The molecule has 0 aliphatic heterocycles. The smallest absolute Gasteiger partial charge is 0.157 e. The summed E-state index contributed by atoms with van der Waals surface area (Å²) < 4.78 is 5.40. The van der Waals surface area contributed by atoms with Crippen LogP contribution in [0.1, 0.15) is 32.6 Å². The van der Waals surface area contributed by atoms with Gasteiger partial charge in [0.25, 0.3) is 0 Å². The van der Waals surface area contributed by atoms with E-state index in [9.17, 15) is 0 Å². The number of thiocarbonyl (C=S) groups is 1. The van der Waals surface area contributed by atoms with Crippen LogP contribution < -0.4 is 0 Å². The minimum Gasteiger partial charge on any atom is -0.483 e. The van der Waals surface area contributed by atoms with E-state index in [-0.39, 0.29) is 11.5 Å². The van der Waals surface area contributed by atoms with Gasteiger partial charge in [0, 0.05) is 6.92 Å². The largest absolute Gasteiger partial charge is 0.483 e. The Bertz CT molecular complexity index is 149. The predicted molar refractivity (Wildman–Crippen MR) is 51.3 cm³/mol. The number of hydrogen-bond acceptors (Lipinski definition) is 2. The zero-order chi connectivity index (χ0) is 8.27. The van der Waals surface area contributed by atoms with Gasteiger partial charge in [0.15, 0.2) is 5.05 Å². The Morgan fingerprint density at radius 3 is 2.64 bits per heavy atom. The number of alkyl halides is 1. The van der Waals surface area contributed by atoms with Gasteiger partial charge in [-0.15, -0.1) is 11.6 Å². The monoisotopic (exact) mass is 192 g/mol. The fourth-order valence-corrected chi connectivity index (χ4v) is 1.85. The molecular formula is C8H13ClOS. The Labute approximate surface area is 78.1 Å². The van der Waals surface area contributed by atoms with Crippen molar-refractivity contribution in [3.05, 3.63) is 0 Å². The van der Waals surface area contributed by atoms with Crippen molar-refractivity contribution in [2.24, 2.45) is 0 Å². The van der Waals surface area contributed by atoms with E-state index in [1.165, 1.54) is 12.8 Å². The molecule has 1 aliphatic carbocycles. The quantitative estimate of drug-likeness (QED) is 0.467. The molecule has 0 spiro atoms. The summed E-state index contributed by atoms with van der Waals surface area (Å²) in [6.45, 7) is 1.80. The van der Waals surface area contributed by atoms with Crippen molar-refractivity contribution in [1.29, 1.82) is 0 Å². The Morgan fingerprint density at radius 2 is 2.09 bits per heavy atom. The van der Waals surface area contributed by atoms with E-state index >= 15 is 0 Å². The maximum atomic E-state index is 6.04. The van der Waals surface area contributed by atoms with E-state index < -0.39 is 0 Å². The van der Waals surface area contributed by atoms with Gasteiger partial charge in [0.1, 0.15) is 6.10 Å². The molecule has 0 aromatic rings. The highest BCUT2D eigenvalue weighted by Gasteiger charge is 2.24. The summed E-state index contributed by atoms with van der Waals surface area (Å²) in [7, 11) is 0. The first kappa shape index (κ1) is 9.27. The molecule has 0 amide bonds. The molecule has 0 bridgehead atoms. The lowest BCUT2D eigenvalue weighted by molar-refractivity contribution is 0.150. The molecule has 11 heavy (non-hydrogen) atoms. The zero-order valence-electron chi connectivity index (χ0n) is 6.68. The first-order valence-electron chi connectivity index (χ1n) is 4.01. The summed E-state index contributed by atoms with van der Waals surface area (Å²) in [6, 6.07) is 0. The molecule has 0 aromatic carbocycles. The fourth-order valence-electron chi connectivity index (χ4n) is 1.40. The average molecular weight is 193 g/mol. The van der Waals surface area contributed by atoms with Crippen LogP contribution in [0.5, 0.6) is 0 Å². The lowest BCUT2D eigenvalue weighted by atomic mass is 9.97. The second-order valence-electron chi connectivity index (χ2n) is 2.95. The van der Waals surface area contributed by atoms with Gasteiger partial charge in [0.05, 0.1) is 5.38 Å². The van der Waals surface area contributed by atoms with E-state index in [1.807, 2.05) is 0 Å². The second kappa shape index (κ2) is 4.27. The number of hydrogen-bond donors (Lipinski definition) is 0. The van der Waals surface area contributed by atoms with Crippen molar-refractivity contribution >= 4 is 28.9 Å². The van der Waals surface area contributed by atoms with Crippen molar-refractivity contribution in [3.8, 4) is 0 Å². The van der Waals surface area contributed by atoms with Crippen molar-refractivity contribution in [2.75, 3.05) is 0 Å². The topological polar surface area (TPSA) is 9.23 Å². The van der Waals surface area contributed by atoms with E-state index in [0.717, 1.165) is 12.8 Å². The summed E-state index contributed by atoms with van der Waals surface area (Å²) in [4.78, 5) is 0. The predicted octanol–water partition coefficient (Wildman–Crippen LogP) is 2.90. The van der Waals surface area contributed by atoms with Crippen LogP contribution in [-0.2, 0) is 4.74 Å². The molecule has 0 unspecified atom stereocenters. The molecule has 64 valence electrons. The van der Waals surface area contributed by atoms with Crippen LogP contribution in [0.3, 0.4) is 0 Å². The second-order valence-corrected chi connectivity index (χ2v) is 4.08. The van der Waals surface area contributed by atoms with Crippen LogP contribution in [0.15, 0.2) is 0 Å². The Hall–Kier alpha value is 0.180. The Kier molecular flexibility index (Phi) is 3.60. The number of halogens is 1. The van der Waals surface area contributed by atoms with Crippen LogP contribution in [-0.4, -0.2) is 16.5 Å². The molecule has 0 radical (unpaired) electrons. The van der Waals surface area contributed by atoms with Gasteiger partial charge in [0.2, 0.25) is 0 Å². The number of ether oxygens (including phenoxy) is 1.